The first-order chi connectivity index (χ1) is 8.90. The van der Waals surface area contributed by atoms with E-state index in [4.69, 9.17) is 4.74 Å². The maximum atomic E-state index is 12.1. The molecule has 0 saturated carbocycles. The Labute approximate surface area is 113 Å². The lowest BCUT2D eigenvalue weighted by Crippen LogP contribution is -2.47. The highest BCUT2D eigenvalue weighted by Gasteiger charge is 2.32. The standard InChI is InChI=1S/C15H18NO3/c1-15(2,3)19-14(18)16-9-12-7-5-4-6-11(12)8-13(16)10-17/h4-7,13H,8-9H2,1-3H3. The summed E-state index contributed by atoms with van der Waals surface area (Å²) >= 11 is 0. The SMILES string of the molecule is CC(C)(C)OC(=O)N1Cc2ccccc2CC1[C]=O. The minimum Gasteiger partial charge on any atom is -0.444 e. The minimum absolute atomic E-state index is 0.394. The topological polar surface area (TPSA) is 46.6 Å². The van der Waals surface area contributed by atoms with E-state index < -0.39 is 17.7 Å². The Balaban J connectivity index is 2.21. The van der Waals surface area contributed by atoms with Crippen molar-refractivity contribution < 1.29 is 14.3 Å². The summed E-state index contributed by atoms with van der Waals surface area (Å²) in [5.41, 5.74) is 1.58. The molecule has 1 aromatic rings. The fraction of sp³-hybridized carbons (Fsp3) is 0.467. The summed E-state index contributed by atoms with van der Waals surface area (Å²) in [7, 11) is 0. The number of hydrogen-bond donors (Lipinski definition) is 0. The van der Waals surface area contributed by atoms with Crippen LogP contribution in [0, 0.1) is 0 Å². The lowest BCUT2D eigenvalue weighted by molar-refractivity contribution is 0.0178. The van der Waals surface area contributed by atoms with Gasteiger partial charge in [-0.25, -0.2) is 4.79 Å². The van der Waals surface area contributed by atoms with Gasteiger partial charge in [-0.2, -0.15) is 0 Å². The van der Waals surface area contributed by atoms with Crippen molar-refractivity contribution in [2.24, 2.45) is 0 Å². The molecular formula is C15H18NO3. The average molecular weight is 260 g/mol. The molecule has 1 unspecified atom stereocenters. The second kappa shape index (κ2) is 5.03. The molecule has 0 N–H and O–H groups in total. The van der Waals surface area contributed by atoms with Gasteiger partial charge in [-0.15, -0.1) is 0 Å². The van der Waals surface area contributed by atoms with Gasteiger partial charge >= 0.3 is 6.09 Å². The Bertz CT molecular complexity index is 490. The third-order valence-electron chi connectivity index (χ3n) is 3.01. The number of rotatable bonds is 1. The highest BCUT2D eigenvalue weighted by Crippen LogP contribution is 2.24. The largest absolute Gasteiger partial charge is 0.444 e. The molecule has 1 amide bonds. The van der Waals surface area contributed by atoms with Gasteiger partial charge in [0.25, 0.3) is 0 Å². The maximum Gasteiger partial charge on any atom is 0.411 e. The van der Waals surface area contributed by atoms with Crippen molar-refractivity contribution in [3.8, 4) is 0 Å². The van der Waals surface area contributed by atoms with Gasteiger partial charge in [0.15, 0.2) is 0 Å². The Morgan fingerprint density at radius 3 is 2.53 bits per heavy atom. The Hall–Kier alpha value is -1.84. The normalized spacial score (nSPS) is 18.7. The summed E-state index contributed by atoms with van der Waals surface area (Å²) in [6.45, 7) is 5.82. The van der Waals surface area contributed by atoms with Crippen LogP contribution >= 0.6 is 0 Å². The molecule has 0 bridgehead atoms. The molecule has 1 atom stereocenters. The highest BCUT2D eigenvalue weighted by atomic mass is 16.6. The number of hydrogen-bond acceptors (Lipinski definition) is 3. The van der Waals surface area contributed by atoms with E-state index in [2.05, 4.69) is 0 Å². The maximum absolute atomic E-state index is 12.1. The van der Waals surface area contributed by atoms with E-state index in [1.807, 2.05) is 51.3 Å². The molecule has 2 rings (SSSR count). The lowest BCUT2D eigenvalue weighted by atomic mass is 9.95. The molecule has 1 aromatic carbocycles. The summed E-state index contributed by atoms with van der Waals surface area (Å²) in [6.07, 6.45) is 1.97. The van der Waals surface area contributed by atoms with E-state index >= 15 is 0 Å². The van der Waals surface area contributed by atoms with Gasteiger partial charge in [-0.3, -0.25) is 9.69 Å². The van der Waals surface area contributed by atoms with Crippen LogP contribution in [0.25, 0.3) is 0 Å². The van der Waals surface area contributed by atoms with Gasteiger partial charge in [-0.05, 0) is 31.9 Å². The van der Waals surface area contributed by atoms with Crippen molar-refractivity contribution in [3.05, 3.63) is 35.4 Å². The van der Waals surface area contributed by atoms with E-state index in [0.717, 1.165) is 11.1 Å². The molecule has 0 saturated heterocycles. The predicted molar refractivity (Wildman–Crippen MR) is 71.4 cm³/mol. The highest BCUT2D eigenvalue weighted by molar-refractivity contribution is 5.75. The third-order valence-corrected chi connectivity index (χ3v) is 3.01. The molecular weight excluding hydrogens is 242 g/mol. The van der Waals surface area contributed by atoms with Crippen molar-refractivity contribution in [1.29, 1.82) is 0 Å². The smallest absolute Gasteiger partial charge is 0.411 e. The number of fused-ring (bicyclic) bond motifs is 1. The average Bonchev–Trinajstić information content (AvgIpc) is 2.35. The second-order valence-corrected chi connectivity index (χ2v) is 5.71. The molecule has 0 fully saturated rings. The fourth-order valence-electron chi connectivity index (χ4n) is 2.14. The Morgan fingerprint density at radius 2 is 1.95 bits per heavy atom. The molecule has 1 aliphatic heterocycles. The fourth-order valence-corrected chi connectivity index (χ4v) is 2.14. The Kier molecular flexibility index (Phi) is 3.60. The first-order valence-corrected chi connectivity index (χ1v) is 6.35. The van der Waals surface area contributed by atoms with E-state index in [-0.39, 0.29) is 0 Å². The monoisotopic (exact) mass is 260 g/mol. The zero-order valence-corrected chi connectivity index (χ0v) is 11.5. The molecule has 1 heterocycles. The van der Waals surface area contributed by atoms with Crippen LogP contribution in [0.5, 0.6) is 0 Å². The van der Waals surface area contributed by atoms with Crippen LogP contribution in [0.4, 0.5) is 4.79 Å². The van der Waals surface area contributed by atoms with E-state index in [1.165, 1.54) is 4.90 Å². The molecule has 4 heteroatoms. The van der Waals surface area contributed by atoms with Crippen LogP contribution in [0.1, 0.15) is 31.9 Å². The summed E-state index contributed by atoms with van der Waals surface area (Å²) in [5, 5.41) is 0. The first-order valence-electron chi connectivity index (χ1n) is 6.35. The molecule has 19 heavy (non-hydrogen) atoms. The second-order valence-electron chi connectivity index (χ2n) is 5.71. The van der Waals surface area contributed by atoms with Crippen LogP contribution in [-0.4, -0.2) is 28.9 Å². The number of ether oxygens (including phenoxy) is 1. The summed E-state index contributed by atoms with van der Waals surface area (Å²) in [5.74, 6) is 0. The summed E-state index contributed by atoms with van der Waals surface area (Å²) < 4.78 is 5.33. The molecule has 1 aliphatic rings. The zero-order valence-electron chi connectivity index (χ0n) is 11.5. The van der Waals surface area contributed by atoms with Crippen LogP contribution in [0.2, 0.25) is 0 Å². The molecule has 4 nitrogen and oxygen atoms in total. The first kappa shape index (κ1) is 13.6. The van der Waals surface area contributed by atoms with Crippen molar-refractivity contribution in [1.82, 2.24) is 4.90 Å². The predicted octanol–water partition coefficient (Wildman–Crippen LogP) is 2.46. The lowest BCUT2D eigenvalue weighted by Gasteiger charge is -2.34. The van der Waals surface area contributed by atoms with Gasteiger partial charge in [-0.1, -0.05) is 24.3 Å². The van der Waals surface area contributed by atoms with Gasteiger partial charge in [0.1, 0.15) is 11.6 Å². The van der Waals surface area contributed by atoms with Gasteiger partial charge in [0.2, 0.25) is 6.29 Å². The number of benzene rings is 1. The van der Waals surface area contributed by atoms with Gasteiger partial charge in [0, 0.05) is 6.42 Å². The van der Waals surface area contributed by atoms with E-state index in [1.54, 1.807) is 0 Å². The van der Waals surface area contributed by atoms with Crippen LogP contribution < -0.4 is 0 Å². The van der Waals surface area contributed by atoms with Crippen LogP contribution in [0.3, 0.4) is 0 Å². The van der Waals surface area contributed by atoms with Crippen LogP contribution in [-0.2, 0) is 22.5 Å². The zero-order chi connectivity index (χ0) is 14.0. The van der Waals surface area contributed by atoms with E-state index in [9.17, 15) is 9.59 Å². The molecule has 0 spiro atoms. The molecule has 0 aliphatic carbocycles. The number of amides is 1. The summed E-state index contributed by atoms with van der Waals surface area (Å²) in [4.78, 5) is 24.6. The van der Waals surface area contributed by atoms with Gasteiger partial charge < -0.3 is 4.74 Å². The summed E-state index contributed by atoms with van der Waals surface area (Å²) in [6, 6.07) is 7.24. The Morgan fingerprint density at radius 1 is 1.32 bits per heavy atom. The van der Waals surface area contributed by atoms with Crippen molar-refractivity contribution in [3.63, 3.8) is 0 Å². The number of nitrogens with zero attached hydrogens (tertiary/aromatic N) is 1. The third kappa shape index (κ3) is 3.13. The quantitative estimate of drug-likeness (QED) is 0.779. The number of carbonyl (C=O) groups is 1. The minimum atomic E-state index is -0.568. The molecule has 101 valence electrons. The van der Waals surface area contributed by atoms with E-state index in [0.29, 0.717) is 13.0 Å². The van der Waals surface area contributed by atoms with Crippen molar-refractivity contribution >= 4 is 12.4 Å². The number of carbonyl (C=O) groups excluding carboxylic acids is 2. The molecule has 1 radical (unpaired) electrons. The van der Waals surface area contributed by atoms with Gasteiger partial charge in [0.05, 0.1) is 6.54 Å². The van der Waals surface area contributed by atoms with Crippen molar-refractivity contribution in [2.45, 2.75) is 45.4 Å². The molecule has 0 aromatic heterocycles. The van der Waals surface area contributed by atoms with Crippen LogP contribution in [0.15, 0.2) is 24.3 Å². The van der Waals surface area contributed by atoms with Crippen molar-refractivity contribution in [2.75, 3.05) is 0 Å².